The number of aliphatic hydroxyl groups excluding tert-OH is 1. The third-order valence-electron chi connectivity index (χ3n) is 4.50. The van der Waals surface area contributed by atoms with Crippen molar-refractivity contribution in [1.29, 1.82) is 0 Å². The van der Waals surface area contributed by atoms with E-state index in [0.29, 0.717) is 23.0 Å². The molecule has 0 aliphatic carbocycles. The summed E-state index contributed by atoms with van der Waals surface area (Å²) in [5.74, 6) is 0.131. The van der Waals surface area contributed by atoms with Crippen LogP contribution < -0.4 is 9.64 Å². The average Bonchev–Trinajstić information content (AvgIpc) is 3.15. The largest absolute Gasteiger partial charge is 0.503 e. The summed E-state index contributed by atoms with van der Waals surface area (Å²) in [7, 11) is 1.53. The highest BCUT2D eigenvalue weighted by atomic mass is 16.5. The van der Waals surface area contributed by atoms with Crippen LogP contribution in [-0.4, -0.2) is 23.9 Å². The predicted molar refractivity (Wildman–Crippen MR) is 101 cm³/mol. The Morgan fingerprint density at radius 1 is 1.22 bits per heavy atom. The van der Waals surface area contributed by atoms with E-state index >= 15 is 0 Å². The van der Waals surface area contributed by atoms with E-state index < -0.39 is 23.1 Å². The molecule has 1 amide bonds. The van der Waals surface area contributed by atoms with Crippen molar-refractivity contribution in [1.82, 2.24) is 0 Å². The number of Topliss-reactive ketones (excluding diaryl/α,β-unsaturated/α-hetero) is 1. The molecular weight excluding hydrogens is 346 g/mol. The number of benzene rings is 1. The molecule has 2 heterocycles. The Kier molecular flexibility index (Phi) is 4.59. The number of carbonyl (C=O) groups is 2. The minimum atomic E-state index is -0.843. The predicted octanol–water partition coefficient (Wildman–Crippen LogP) is 4.11. The van der Waals surface area contributed by atoms with Gasteiger partial charge in [0.15, 0.2) is 11.5 Å². The summed E-state index contributed by atoms with van der Waals surface area (Å²) in [5.41, 5.74) is -0.222. The Balaban J connectivity index is 2.19. The van der Waals surface area contributed by atoms with Crippen LogP contribution in [-0.2, 0) is 9.59 Å². The van der Waals surface area contributed by atoms with Gasteiger partial charge in [0.05, 0.1) is 12.7 Å². The van der Waals surface area contributed by atoms with E-state index in [1.165, 1.54) is 12.0 Å². The van der Waals surface area contributed by atoms with Gasteiger partial charge in [-0.25, -0.2) is 0 Å². The second-order valence-corrected chi connectivity index (χ2v) is 7.57. The fourth-order valence-electron chi connectivity index (χ4n) is 3.14. The van der Waals surface area contributed by atoms with Gasteiger partial charge in [0, 0.05) is 17.2 Å². The highest BCUT2D eigenvalue weighted by Crippen LogP contribution is 2.44. The SMILES string of the molecule is COc1cccc(N2C(=O)C(O)=C(C(=O)C(C)(C)C)C2c2ccc(C)o2)c1. The van der Waals surface area contributed by atoms with Crippen molar-refractivity contribution in [3.05, 3.63) is 59.3 Å². The molecule has 1 aromatic carbocycles. The molecule has 2 aromatic rings. The minimum absolute atomic E-state index is 0.0460. The van der Waals surface area contributed by atoms with Gasteiger partial charge in [-0.1, -0.05) is 26.8 Å². The van der Waals surface area contributed by atoms with E-state index in [1.807, 2.05) is 0 Å². The van der Waals surface area contributed by atoms with Crippen LogP contribution in [0.3, 0.4) is 0 Å². The van der Waals surface area contributed by atoms with Crippen LogP contribution in [0.2, 0.25) is 0 Å². The second kappa shape index (κ2) is 6.61. The van der Waals surface area contributed by atoms with Gasteiger partial charge in [0.25, 0.3) is 5.91 Å². The van der Waals surface area contributed by atoms with Gasteiger partial charge in [0.2, 0.25) is 0 Å². The molecule has 0 radical (unpaired) electrons. The summed E-state index contributed by atoms with van der Waals surface area (Å²) < 4.78 is 11.0. The molecule has 1 N–H and O–H groups in total. The summed E-state index contributed by atoms with van der Waals surface area (Å²) in [6.45, 7) is 7.03. The molecule has 0 saturated carbocycles. The summed E-state index contributed by atoms with van der Waals surface area (Å²) in [6.07, 6.45) is 0. The molecule has 1 unspecified atom stereocenters. The molecule has 0 bridgehead atoms. The number of ketones is 1. The maximum atomic E-state index is 13.1. The highest BCUT2D eigenvalue weighted by Gasteiger charge is 2.48. The lowest BCUT2D eigenvalue weighted by Gasteiger charge is -2.27. The first kappa shape index (κ1) is 18.8. The minimum Gasteiger partial charge on any atom is -0.503 e. The zero-order valence-corrected chi connectivity index (χ0v) is 16.1. The maximum Gasteiger partial charge on any atom is 0.294 e. The van der Waals surface area contributed by atoms with Crippen LogP contribution in [0.5, 0.6) is 5.75 Å². The Morgan fingerprint density at radius 3 is 2.48 bits per heavy atom. The fourth-order valence-corrected chi connectivity index (χ4v) is 3.14. The zero-order chi connectivity index (χ0) is 19.9. The zero-order valence-electron chi connectivity index (χ0n) is 16.1. The topological polar surface area (TPSA) is 80.0 Å². The van der Waals surface area contributed by atoms with Crippen molar-refractivity contribution in [2.75, 3.05) is 12.0 Å². The van der Waals surface area contributed by atoms with Crippen molar-refractivity contribution in [3.8, 4) is 5.75 Å². The van der Waals surface area contributed by atoms with Crippen molar-refractivity contribution in [3.63, 3.8) is 0 Å². The number of methoxy groups -OCH3 is 1. The summed E-state index contributed by atoms with van der Waals surface area (Å²) in [4.78, 5) is 27.3. The number of anilines is 1. The molecule has 0 saturated heterocycles. The van der Waals surface area contributed by atoms with Crippen LogP contribution in [0.1, 0.15) is 38.3 Å². The van der Waals surface area contributed by atoms with Crippen molar-refractivity contribution < 1.29 is 23.8 Å². The van der Waals surface area contributed by atoms with Crippen molar-refractivity contribution in [2.24, 2.45) is 5.41 Å². The van der Waals surface area contributed by atoms with Crippen LogP contribution in [0.4, 0.5) is 5.69 Å². The molecule has 1 aliphatic rings. The van der Waals surface area contributed by atoms with Crippen LogP contribution >= 0.6 is 0 Å². The number of carbonyl (C=O) groups excluding carboxylic acids is 2. The number of furan rings is 1. The Labute approximate surface area is 158 Å². The molecule has 1 aliphatic heterocycles. The summed E-state index contributed by atoms with van der Waals surface area (Å²) in [6, 6.07) is 9.54. The van der Waals surface area contributed by atoms with Crippen molar-refractivity contribution >= 4 is 17.4 Å². The van der Waals surface area contributed by atoms with Gasteiger partial charge in [-0.15, -0.1) is 0 Å². The van der Waals surface area contributed by atoms with Gasteiger partial charge >= 0.3 is 0 Å². The number of amides is 1. The molecule has 0 spiro atoms. The third-order valence-corrected chi connectivity index (χ3v) is 4.50. The van der Waals surface area contributed by atoms with Gasteiger partial charge < -0.3 is 14.3 Å². The lowest BCUT2D eigenvalue weighted by molar-refractivity contribution is -0.123. The first-order chi connectivity index (χ1) is 12.6. The number of hydrogen-bond donors (Lipinski definition) is 1. The summed E-state index contributed by atoms with van der Waals surface area (Å²) in [5, 5.41) is 10.6. The maximum absolute atomic E-state index is 13.1. The molecular formula is C21H23NO5. The Morgan fingerprint density at radius 2 is 1.93 bits per heavy atom. The molecule has 1 aromatic heterocycles. The number of nitrogens with zero attached hydrogens (tertiary/aromatic N) is 1. The first-order valence-electron chi connectivity index (χ1n) is 8.67. The van der Waals surface area contributed by atoms with Gasteiger partial charge in [-0.3, -0.25) is 14.5 Å². The lowest BCUT2D eigenvalue weighted by Crippen LogP contribution is -2.32. The van der Waals surface area contributed by atoms with Gasteiger partial charge in [-0.2, -0.15) is 0 Å². The molecule has 6 nitrogen and oxygen atoms in total. The van der Waals surface area contributed by atoms with Gasteiger partial charge in [-0.05, 0) is 31.2 Å². The molecule has 6 heteroatoms. The van der Waals surface area contributed by atoms with Crippen molar-refractivity contribution in [2.45, 2.75) is 33.7 Å². The second-order valence-electron chi connectivity index (χ2n) is 7.57. The summed E-state index contributed by atoms with van der Waals surface area (Å²) >= 11 is 0. The smallest absolute Gasteiger partial charge is 0.294 e. The normalized spacial score (nSPS) is 17.6. The third kappa shape index (κ3) is 3.23. The molecule has 1 atom stereocenters. The van der Waals surface area contributed by atoms with Gasteiger partial charge in [0.1, 0.15) is 23.3 Å². The Bertz CT molecular complexity index is 932. The lowest BCUT2D eigenvalue weighted by atomic mass is 9.83. The molecule has 27 heavy (non-hydrogen) atoms. The number of aryl methyl sites for hydroxylation is 1. The Hall–Kier alpha value is -3.02. The standard InChI is InChI=1S/C21H23NO5/c1-12-9-10-15(27-12)17-16(19(24)21(2,3)4)18(23)20(25)22(17)13-7-6-8-14(11-13)26-5/h6-11,17,23H,1-5H3. The van der Waals surface area contributed by atoms with E-state index in [4.69, 9.17) is 9.15 Å². The van der Waals surface area contributed by atoms with Crippen LogP contribution in [0, 0.1) is 12.3 Å². The number of hydrogen-bond acceptors (Lipinski definition) is 5. The van der Waals surface area contributed by atoms with E-state index in [9.17, 15) is 14.7 Å². The number of ether oxygens (including phenoxy) is 1. The quantitative estimate of drug-likeness (QED) is 0.877. The molecule has 142 valence electrons. The van der Waals surface area contributed by atoms with E-state index in [0.717, 1.165) is 0 Å². The fraction of sp³-hybridized carbons (Fsp3) is 0.333. The number of aliphatic hydroxyl groups is 1. The molecule has 0 fully saturated rings. The van der Waals surface area contributed by atoms with E-state index in [2.05, 4.69) is 0 Å². The first-order valence-corrected chi connectivity index (χ1v) is 8.67. The van der Waals surface area contributed by atoms with Crippen LogP contribution in [0.25, 0.3) is 0 Å². The average molecular weight is 369 g/mol. The van der Waals surface area contributed by atoms with Crippen LogP contribution in [0.15, 0.2) is 52.1 Å². The number of rotatable bonds is 4. The highest BCUT2D eigenvalue weighted by molar-refractivity contribution is 6.17. The van der Waals surface area contributed by atoms with E-state index in [-0.39, 0.29) is 11.4 Å². The monoisotopic (exact) mass is 369 g/mol. The molecule has 3 rings (SSSR count). The van der Waals surface area contributed by atoms with E-state index in [1.54, 1.807) is 64.1 Å².